The van der Waals surface area contributed by atoms with E-state index in [9.17, 15) is 13.2 Å². The van der Waals surface area contributed by atoms with E-state index in [0.29, 0.717) is 54.6 Å². The van der Waals surface area contributed by atoms with E-state index in [1.807, 2.05) is 55.1 Å². The largest absolute Gasteiger partial charge is 0.352 e. The van der Waals surface area contributed by atoms with E-state index < -0.39 is 10.0 Å². The number of hydrogen-bond acceptors (Lipinski definition) is 7. The van der Waals surface area contributed by atoms with Crippen LogP contribution in [0.5, 0.6) is 0 Å². The summed E-state index contributed by atoms with van der Waals surface area (Å²) >= 11 is 6.08. The fourth-order valence-electron chi connectivity index (χ4n) is 5.06. The predicted molar refractivity (Wildman–Crippen MR) is 153 cm³/mol. The minimum Gasteiger partial charge on any atom is -0.352 e. The number of nitrogens with zero attached hydrogens (tertiary/aromatic N) is 6. The maximum atomic E-state index is 13.6. The van der Waals surface area contributed by atoms with Crippen molar-refractivity contribution < 1.29 is 13.2 Å². The molecule has 9 nitrogen and oxygen atoms in total. The number of fused-ring (bicyclic) bond motifs is 1. The van der Waals surface area contributed by atoms with Gasteiger partial charge in [-0.1, -0.05) is 41.9 Å². The van der Waals surface area contributed by atoms with Crippen molar-refractivity contribution in [1.82, 2.24) is 23.7 Å². The molecular weight excluding hydrogens is 536 g/mol. The molecule has 39 heavy (non-hydrogen) atoms. The highest BCUT2D eigenvalue weighted by molar-refractivity contribution is 7.90. The van der Waals surface area contributed by atoms with E-state index in [1.54, 1.807) is 36.5 Å². The molecule has 5 rings (SSSR count). The number of likely N-dealkylation sites (N-methyl/N-ethyl adjacent to an activating group) is 1. The van der Waals surface area contributed by atoms with Gasteiger partial charge in [0.1, 0.15) is 12.1 Å². The fraction of sp³-hybridized carbons (Fsp3) is 0.321. The third-order valence-electron chi connectivity index (χ3n) is 7.03. The van der Waals surface area contributed by atoms with Gasteiger partial charge in [-0.15, -0.1) is 0 Å². The summed E-state index contributed by atoms with van der Waals surface area (Å²) in [5.41, 5.74) is 2.05. The maximum absolute atomic E-state index is 13.6. The first-order valence-corrected chi connectivity index (χ1v) is 14.6. The molecule has 1 atom stereocenters. The zero-order valence-corrected chi connectivity index (χ0v) is 23.7. The number of hydrogen-bond donors (Lipinski definition) is 0. The van der Waals surface area contributed by atoms with Gasteiger partial charge in [-0.25, -0.2) is 22.4 Å². The van der Waals surface area contributed by atoms with Crippen LogP contribution < -0.4 is 4.90 Å². The molecule has 0 spiro atoms. The summed E-state index contributed by atoms with van der Waals surface area (Å²) in [4.78, 5) is 28.7. The van der Waals surface area contributed by atoms with E-state index in [1.165, 1.54) is 10.3 Å². The lowest BCUT2D eigenvalue weighted by molar-refractivity contribution is -0.133. The molecule has 0 aliphatic carbocycles. The molecule has 0 radical (unpaired) electrons. The Labute approximate surface area is 233 Å². The number of piperazine rings is 1. The number of anilines is 1. The lowest BCUT2D eigenvalue weighted by Gasteiger charge is -2.37. The highest BCUT2D eigenvalue weighted by Crippen LogP contribution is 2.31. The second-order valence-electron chi connectivity index (χ2n) is 10.0. The molecule has 11 heteroatoms. The van der Waals surface area contributed by atoms with Gasteiger partial charge in [0, 0.05) is 43.9 Å². The van der Waals surface area contributed by atoms with Gasteiger partial charge in [0.05, 0.1) is 16.2 Å². The standard InChI is InChI=1S/C28H31ClN6O3S/c1-20-17-35(39(37,38)23-7-5-4-6-8-23)27-25(20)26(30-19-31-27)33-13-15-34(16-14-33)28(36)24(18-32(2)3)21-9-11-22(29)12-10-21/h4-12,17,19,24H,13-16,18H2,1-3H3. The van der Waals surface area contributed by atoms with Crippen molar-refractivity contribution >= 4 is 44.4 Å². The molecule has 3 heterocycles. The van der Waals surface area contributed by atoms with Gasteiger partial charge in [0.2, 0.25) is 5.91 Å². The van der Waals surface area contributed by atoms with Crippen LogP contribution in [0.15, 0.2) is 72.0 Å². The lowest BCUT2D eigenvalue weighted by Crippen LogP contribution is -2.51. The van der Waals surface area contributed by atoms with E-state index >= 15 is 0 Å². The molecule has 1 amide bonds. The SMILES string of the molecule is Cc1cn(S(=O)(=O)c2ccccc2)c2ncnc(N3CCN(C(=O)C(CN(C)C)c4ccc(Cl)cc4)CC3)c12. The first-order chi connectivity index (χ1) is 18.7. The average Bonchev–Trinajstić information content (AvgIpc) is 3.30. The molecule has 1 aliphatic rings. The minimum absolute atomic E-state index is 0.0785. The second kappa shape index (κ2) is 11.0. The van der Waals surface area contributed by atoms with Crippen molar-refractivity contribution in [1.29, 1.82) is 0 Å². The Kier molecular flexibility index (Phi) is 7.61. The molecule has 1 unspecified atom stereocenters. The topological polar surface area (TPSA) is 91.6 Å². The van der Waals surface area contributed by atoms with E-state index in [4.69, 9.17) is 11.6 Å². The van der Waals surface area contributed by atoms with Crippen molar-refractivity contribution in [2.45, 2.75) is 17.7 Å². The minimum atomic E-state index is -3.82. The number of aryl methyl sites for hydroxylation is 1. The molecule has 1 saturated heterocycles. The Morgan fingerprint density at radius 3 is 2.31 bits per heavy atom. The molecular formula is C28H31ClN6O3S. The van der Waals surface area contributed by atoms with Gasteiger partial charge in [0.15, 0.2) is 5.65 Å². The molecule has 0 N–H and O–H groups in total. The predicted octanol–water partition coefficient (Wildman–Crippen LogP) is 3.62. The number of carbonyl (C=O) groups is 1. The molecule has 204 valence electrons. The zero-order valence-electron chi connectivity index (χ0n) is 22.2. The number of aromatic nitrogens is 3. The van der Waals surface area contributed by atoms with Crippen molar-refractivity contribution in [3.8, 4) is 0 Å². The fourth-order valence-corrected chi connectivity index (χ4v) is 6.58. The third kappa shape index (κ3) is 5.36. The highest BCUT2D eigenvalue weighted by atomic mass is 35.5. The molecule has 0 bridgehead atoms. The summed E-state index contributed by atoms with van der Waals surface area (Å²) in [5.74, 6) is 0.456. The van der Waals surface area contributed by atoms with Crippen LogP contribution in [0.3, 0.4) is 0 Å². The normalized spacial score (nSPS) is 15.2. The second-order valence-corrected chi connectivity index (χ2v) is 12.3. The zero-order chi connectivity index (χ0) is 27.7. The lowest BCUT2D eigenvalue weighted by atomic mass is 9.96. The van der Waals surface area contributed by atoms with Crippen LogP contribution in [-0.4, -0.2) is 84.9 Å². The van der Waals surface area contributed by atoms with Crippen molar-refractivity contribution in [3.63, 3.8) is 0 Å². The molecule has 0 saturated carbocycles. The van der Waals surface area contributed by atoms with Crippen molar-refractivity contribution in [2.75, 3.05) is 51.7 Å². The summed E-state index contributed by atoms with van der Waals surface area (Å²) in [6.45, 7) is 4.67. The molecule has 1 fully saturated rings. The monoisotopic (exact) mass is 566 g/mol. The van der Waals surface area contributed by atoms with Crippen LogP contribution >= 0.6 is 11.6 Å². The number of benzene rings is 2. The summed E-state index contributed by atoms with van der Waals surface area (Å²) in [6, 6.07) is 15.8. The van der Waals surface area contributed by atoms with E-state index in [0.717, 1.165) is 11.1 Å². The average molecular weight is 567 g/mol. The summed E-state index contributed by atoms with van der Waals surface area (Å²) < 4.78 is 28.0. The summed E-state index contributed by atoms with van der Waals surface area (Å²) in [5, 5.41) is 1.34. The number of amides is 1. The van der Waals surface area contributed by atoms with Crippen LogP contribution in [0.1, 0.15) is 17.0 Å². The first-order valence-electron chi connectivity index (χ1n) is 12.7. The summed E-state index contributed by atoms with van der Waals surface area (Å²) in [7, 11) is 0.100. The number of rotatable bonds is 7. The smallest absolute Gasteiger partial charge is 0.269 e. The van der Waals surface area contributed by atoms with Gasteiger partial charge < -0.3 is 14.7 Å². The number of carbonyl (C=O) groups excluding carboxylic acids is 1. The van der Waals surface area contributed by atoms with Crippen molar-refractivity contribution in [2.24, 2.45) is 0 Å². The van der Waals surface area contributed by atoms with Crippen LogP contribution in [0.4, 0.5) is 5.82 Å². The Morgan fingerprint density at radius 1 is 1.00 bits per heavy atom. The Hall–Kier alpha value is -3.47. The summed E-state index contributed by atoms with van der Waals surface area (Å²) in [6.07, 6.45) is 3.00. The molecule has 1 aliphatic heterocycles. The van der Waals surface area contributed by atoms with Gasteiger partial charge in [0.25, 0.3) is 10.0 Å². The van der Waals surface area contributed by atoms with Gasteiger partial charge in [-0.3, -0.25) is 4.79 Å². The third-order valence-corrected chi connectivity index (χ3v) is 8.95. The van der Waals surface area contributed by atoms with Crippen LogP contribution in [-0.2, 0) is 14.8 Å². The molecule has 2 aromatic heterocycles. The van der Waals surface area contributed by atoms with Crippen LogP contribution in [0.25, 0.3) is 11.0 Å². The van der Waals surface area contributed by atoms with Gasteiger partial charge >= 0.3 is 0 Å². The van der Waals surface area contributed by atoms with Crippen LogP contribution in [0.2, 0.25) is 5.02 Å². The van der Waals surface area contributed by atoms with Gasteiger partial charge in [-0.2, -0.15) is 0 Å². The van der Waals surface area contributed by atoms with E-state index in [2.05, 4.69) is 14.9 Å². The molecule has 4 aromatic rings. The van der Waals surface area contributed by atoms with Crippen LogP contribution in [0, 0.1) is 6.92 Å². The Morgan fingerprint density at radius 2 is 1.67 bits per heavy atom. The molecule has 2 aromatic carbocycles. The maximum Gasteiger partial charge on any atom is 0.269 e. The Bertz CT molecular complexity index is 1580. The number of halogens is 1. The van der Waals surface area contributed by atoms with Crippen molar-refractivity contribution in [3.05, 3.63) is 83.3 Å². The van der Waals surface area contributed by atoms with E-state index in [-0.39, 0.29) is 16.7 Å². The quantitative estimate of drug-likeness (QED) is 0.337. The highest BCUT2D eigenvalue weighted by Gasteiger charge is 2.31. The first kappa shape index (κ1) is 27.1. The van der Waals surface area contributed by atoms with Gasteiger partial charge in [-0.05, 0) is 56.4 Å². The Balaban J connectivity index is 1.39.